The largest absolute Gasteiger partial charge is 0.497 e. The number of rotatable bonds is 3. The minimum atomic E-state index is -0.400. The standard InChI is InChI=1S/C15H21NO3/c1-11-6-7-16(10-14(11)17)15(18)9-12-4-3-5-13(8-12)19-2/h3-5,8,11,14,17H,6-7,9-10H2,1-2H3. The topological polar surface area (TPSA) is 49.8 Å². The molecule has 1 aliphatic rings. The molecule has 1 aromatic rings. The van der Waals surface area contributed by atoms with E-state index in [0.29, 0.717) is 13.0 Å². The van der Waals surface area contributed by atoms with Crippen LogP contribution < -0.4 is 4.74 Å². The summed E-state index contributed by atoms with van der Waals surface area (Å²) >= 11 is 0. The summed E-state index contributed by atoms with van der Waals surface area (Å²) in [6.45, 7) is 3.21. The van der Waals surface area contributed by atoms with Gasteiger partial charge in [-0.1, -0.05) is 19.1 Å². The van der Waals surface area contributed by atoms with Gasteiger partial charge in [0.1, 0.15) is 5.75 Å². The summed E-state index contributed by atoms with van der Waals surface area (Å²) in [4.78, 5) is 13.9. The zero-order valence-corrected chi connectivity index (χ0v) is 11.5. The van der Waals surface area contributed by atoms with E-state index in [9.17, 15) is 9.90 Å². The molecule has 0 saturated carbocycles. The zero-order chi connectivity index (χ0) is 13.8. The first-order valence-electron chi connectivity index (χ1n) is 6.69. The van der Waals surface area contributed by atoms with Gasteiger partial charge >= 0.3 is 0 Å². The zero-order valence-electron chi connectivity index (χ0n) is 11.5. The molecule has 2 unspecified atom stereocenters. The summed E-state index contributed by atoms with van der Waals surface area (Å²) in [5, 5.41) is 9.83. The van der Waals surface area contributed by atoms with E-state index in [2.05, 4.69) is 0 Å². The number of piperidine rings is 1. The Morgan fingerprint density at radius 1 is 1.53 bits per heavy atom. The van der Waals surface area contributed by atoms with Crippen molar-refractivity contribution < 1.29 is 14.6 Å². The van der Waals surface area contributed by atoms with Crippen LogP contribution in [0.3, 0.4) is 0 Å². The smallest absolute Gasteiger partial charge is 0.227 e. The van der Waals surface area contributed by atoms with Gasteiger partial charge in [0.05, 0.1) is 19.6 Å². The third-order valence-electron chi connectivity index (χ3n) is 3.76. The first-order chi connectivity index (χ1) is 9.10. The number of ether oxygens (including phenoxy) is 1. The van der Waals surface area contributed by atoms with Crippen molar-refractivity contribution in [2.75, 3.05) is 20.2 Å². The normalized spacial score (nSPS) is 23.2. The van der Waals surface area contributed by atoms with E-state index >= 15 is 0 Å². The molecule has 1 amide bonds. The predicted octanol–water partition coefficient (Wildman–Crippen LogP) is 1.47. The average Bonchev–Trinajstić information content (AvgIpc) is 2.42. The van der Waals surface area contributed by atoms with Crippen molar-refractivity contribution >= 4 is 5.91 Å². The van der Waals surface area contributed by atoms with Gasteiger partial charge in [-0.3, -0.25) is 4.79 Å². The van der Waals surface area contributed by atoms with Crippen molar-refractivity contribution in [3.8, 4) is 5.75 Å². The monoisotopic (exact) mass is 263 g/mol. The number of likely N-dealkylation sites (tertiary alicyclic amines) is 1. The van der Waals surface area contributed by atoms with Crippen LogP contribution in [-0.4, -0.2) is 42.2 Å². The number of benzene rings is 1. The summed E-state index contributed by atoms with van der Waals surface area (Å²) in [5.41, 5.74) is 0.942. The van der Waals surface area contributed by atoms with E-state index in [1.165, 1.54) is 0 Å². The highest BCUT2D eigenvalue weighted by atomic mass is 16.5. The van der Waals surface area contributed by atoms with Crippen molar-refractivity contribution in [3.63, 3.8) is 0 Å². The molecule has 2 atom stereocenters. The van der Waals surface area contributed by atoms with E-state index in [0.717, 1.165) is 24.3 Å². The van der Waals surface area contributed by atoms with Crippen LogP contribution in [0.25, 0.3) is 0 Å². The fourth-order valence-corrected chi connectivity index (χ4v) is 2.34. The molecular formula is C15H21NO3. The molecule has 1 fully saturated rings. The predicted molar refractivity (Wildman–Crippen MR) is 73.1 cm³/mol. The number of amides is 1. The van der Waals surface area contributed by atoms with Gasteiger partial charge in [-0.2, -0.15) is 0 Å². The molecule has 19 heavy (non-hydrogen) atoms. The molecule has 0 aliphatic carbocycles. The van der Waals surface area contributed by atoms with Crippen LogP contribution in [-0.2, 0) is 11.2 Å². The van der Waals surface area contributed by atoms with Crippen molar-refractivity contribution in [2.24, 2.45) is 5.92 Å². The lowest BCUT2D eigenvalue weighted by molar-refractivity contribution is -0.134. The fourth-order valence-electron chi connectivity index (χ4n) is 2.34. The summed E-state index contributed by atoms with van der Waals surface area (Å²) in [7, 11) is 1.61. The molecule has 1 N–H and O–H groups in total. The van der Waals surface area contributed by atoms with E-state index in [-0.39, 0.29) is 11.8 Å². The Morgan fingerprint density at radius 2 is 2.32 bits per heavy atom. The fraction of sp³-hybridized carbons (Fsp3) is 0.533. The molecule has 0 spiro atoms. The van der Waals surface area contributed by atoms with Gasteiger partial charge in [-0.25, -0.2) is 0 Å². The molecule has 4 nitrogen and oxygen atoms in total. The Kier molecular flexibility index (Phi) is 4.43. The number of carbonyl (C=O) groups is 1. The third-order valence-corrected chi connectivity index (χ3v) is 3.76. The minimum absolute atomic E-state index is 0.0687. The van der Waals surface area contributed by atoms with Crippen LogP contribution in [0.2, 0.25) is 0 Å². The molecule has 0 bridgehead atoms. The molecule has 1 aromatic carbocycles. The lowest BCUT2D eigenvalue weighted by atomic mass is 9.95. The maximum atomic E-state index is 12.2. The Morgan fingerprint density at radius 3 is 3.00 bits per heavy atom. The average molecular weight is 263 g/mol. The van der Waals surface area contributed by atoms with Gasteiger partial charge in [-0.05, 0) is 30.0 Å². The lowest BCUT2D eigenvalue weighted by Crippen LogP contribution is -2.46. The number of hydrogen-bond donors (Lipinski definition) is 1. The second-order valence-electron chi connectivity index (χ2n) is 5.20. The number of hydrogen-bond acceptors (Lipinski definition) is 3. The van der Waals surface area contributed by atoms with Crippen LogP contribution in [0.4, 0.5) is 0 Å². The van der Waals surface area contributed by atoms with Crippen molar-refractivity contribution in [1.82, 2.24) is 4.90 Å². The second kappa shape index (κ2) is 6.06. The van der Waals surface area contributed by atoms with Gasteiger partial charge < -0.3 is 14.7 Å². The SMILES string of the molecule is COc1cccc(CC(=O)N2CCC(C)C(O)C2)c1. The number of aliphatic hydroxyl groups excluding tert-OH is 1. The number of nitrogens with zero attached hydrogens (tertiary/aromatic N) is 1. The highest BCUT2D eigenvalue weighted by molar-refractivity contribution is 5.79. The first kappa shape index (κ1) is 13.9. The number of aliphatic hydroxyl groups is 1. The molecule has 1 heterocycles. The lowest BCUT2D eigenvalue weighted by Gasteiger charge is -2.34. The highest BCUT2D eigenvalue weighted by Crippen LogP contribution is 2.19. The molecule has 0 radical (unpaired) electrons. The molecular weight excluding hydrogens is 242 g/mol. The Balaban J connectivity index is 1.97. The van der Waals surface area contributed by atoms with Crippen LogP contribution >= 0.6 is 0 Å². The van der Waals surface area contributed by atoms with Crippen LogP contribution in [0.5, 0.6) is 5.75 Å². The molecule has 0 aromatic heterocycles. The van der Waals surface area contributed by atoms with E-state index in [1.54, 1.807) is 12.0 Å². The Bertz CT molecular complexity index is 447. The van der Waals surface area contributed by atoms with Gasteiger partial charge in [-0.15, -0.1) is 0 Å². The summed E-state index contributed by atoms with van der Waals surface area (Å²) < 4.78 is 5.15. The van der Waals surface area contributed by atoms with Gasteiger partial charge in [0.25, 0.3) is 0 Å². The molecule has 104 valence electrons. The quantitative estimate of drug-likeness (QED) is 0.898. The number of β-amino-alcohol motifs (C(OH)–C–C–N with tert-alkyl or cyclic N) is 1. The minimum Gasteiger partial charge on any atom is -0.497 e. The molecule has 2 rings (SSSR count). The molecule has 4 heteroatoms. The van der Waals surface area contributed by atoms with Crippen LogP contribution in [0.15, 0.2) is 24.3 Å². The molecule has 1 aliphatic heterocycles. The summed E-state index contributed by atoms with van der Waals surface area (Å²) in [6, 6.07) is 7.54. The van der Waals surface area contributed by atoms with Crippen molar-refractivity contribution in [1.29, 1.82) is 0 Å². The van der Waals surface area contributed by atoms with Gasteiger partial charge in [0.15, 0.2) is 0 Å². The van der Waals surface area contributed by atoms with Gasteiger partial charge in [0, 0.05) is 13.1 Å². The summed E-state index contributed by atoms with van der Waals surface area (Å²) in [6.07, 6.45) is 0.826. The number of methoxy groups -OCH3 is 1. The second-order valence-corrected chi connectivity index (χ2v) is 5.20. The highest BCUT2D eigenvalue weighted by Gasteiger charge is 2.27. The summed E-state index contributed by atoms with van der Waals surface area (Å²) in [5.74, 6) is 1.11. The van der Waals surface area contributed by atoms with Gasteiger partial charge in [0.2, 0.25) is 5.91 Å². The van der Waals surface area contributed by atoms with Crippen molar-refractivity contribution in [3.05, 3.63) is 29.8 Å². The first-order valence-corrected chi connectivity index (χ1v) is 6.69. The van der Waals surface area contributed by atoms with E-state index < -0.39 is 6.10 Å². The number of carbonyl (C=O) groups excluding carboxylic acids is 1. The van der Waals surface area contributed by atoms with E-state index in [4.69, 9.17) is 4.74 Å². The van der Waals surface area contributed by atoms with Crippen LogP contribution in [0, 0.1) is 5.92 Å². The van der Waals surface area contributed by atoms with E-state index in [1.807, 2.05) is 31.2 Å². The molecule has 1 saturated heterocycles. The maximum absolute atomic E-state index is 12.2. The maximum Gasteiger partial charge on any atom is 0.227 e. The van der Waals surface area contributed by atoms with Crippen LogP contribution in [0.1, 0.15) is 18.9 Å². The van der Waals surface area contributed by atoms with Crippen molar-refractivity contribution in [2.45, 2.75) is 25.9 Å². The Hall–Kier alpha value is -1.55. The third kappa shape index (κ3) is 3.47. The Labute approximate surface area is 114 Å².